The predicted molar refractivity (Wildman–Crippen MR) is 70.7 cm³/mol. The van der Waals surface area contributed by atoms with Crippen molar-refractivity contribution in [3.8, 4) is 11.4 Å². The first-order valence-corrected chi connectivity index (χ1v) is 6.72. The van der Waals surface area contributed by atoms with Gasteiger partial charge in [0.1, 0.15) is 5.82 Å². The molecule has 0 atom stereocenters. The van der Waals surface area contributed by atoms with Gasteiger partial charge in [0.15, 0.2) is 0 Å². The molecule has 0 bridgehead atoms. The number of aryl methyl sites for hydroxylation is 1. The highest BCUT2D eigenvalue weighted by Gasteiger charge is 2.05. The zero-order chi connectivity index (χ0) is 11.2. The Hall–Kier alpha value is -1.22. The average Bonchev–Trinajstić information content (AvgIpc) is 2.83. The SMILES string of the molecule is CCSCCc1ccccc1-c1ncc[nH]1. The fraction of sp³-hybridized carbons (Fsp3) is 0.308. The van der Waals surface area contributed by atoms with Crippen LogP contribution in [0.3, 0.4) is 0 Å². The Morgan fingerprint density at radius 2 is 2.19 bits per heavy atom. The van der Waals surface area contributed by atoms with Crippen molar-refractivity contribution < 1.29 is 0 Å². The van der Waals surface area contributed by atoms with Crippen LogP contribution in [0.2, 0.25) is 0 Å². The zero-order valence-corrected chi connectivity index (χ0v) is 10.3. The van der Waals surface area contributed by atoms with E-state index in [1.165, 1.54) is 22.6 Å². The van der Waals surface area contributed by atoms with E-state index < -0.39 is 0 Å². The minimum absolute atomic E-state index is 0.970. The molecule has 16 heavy (non-hydrogen) atoms. The van der Waals surface area contributed by atoms with Crippen LogP contribution in [0.15, 0.2) is 36.7 Å². The second-order valence-electron chi connectivity index (χ2n) is 3.54. The van der Waals surface area contributed by atoms with E-state index in [9.17, 15) is 0 Å². The van der Waals surface area contributed by atoms with Gasteiger partial charge in [-0.25, -0.2) is 4.98 Å². The molecule has 0 radical (unpaired) electrons. The maximum absolute atomic E-state index is 4.31. The van der Waals surface area contributed by atoms with E-state index >= 15 is 0 Å². The summed E-state index contributed by atoms with van der Waals surface area (Å²) in [6.45, 7) is 2.20. The molecule has 0 fully saturated rings. The third kappa shape index (κ3) is 2.67. The fourth-order valence-corrected chi connectivity index (χ4v) is 2.36. The summed E-state index contributed by atoms with van der Waals surface area (Å²) in [7, 11) is 0. The highest BCUT2D eigenvalue weighted by Crippen LogP contribution is 2.21. The van der Waals surface area contributed by atoms with Crippen LogP contribution in [-0.4, -0.2) is 21.5 Å². The molecule has 0 aliphatic rings. The summed E-state index contributed by atoms with van der Waals surface area (Å²) in [5.41, 5.74) is 2.60. The molecule has 2 rings (SSSR count). The van der Waals surface area contributed by atoms with Crippen LogP contribution in [0.1, 0.15) is 12.5 Å². The Kier molecular flexibility index (Phi) is 4.05. The van der Waals surface area contributed by atoms with Crippen LogP contribution in [0.5, 0.6) is 0 Å². The number of hydrogen-bond acceptors (Lipinski definition) is 2. The average molecular weight is 232 g/mol. The van der Waals surface area contributed by atoms with E-state index in [4.69, 9.17) is 0 Å². The summed E-state index contributed by atoms with van der Waals surface area (Å²) in [6.07, 6.45) is 4.77. The molecule has 2 nitrogen and oxygen atoms in total. The third-order valence-corrected chi connectivity index (χ3v) is 3.39. The number of rotatable bonds is 5. The molecule has 0 saturated heterocycles. The number of aromatic amines is 1. The Labute approximate surface area is 101 Å². The highest BCUT2D eigenvalue weighted by molar-refractivity contribution is 7.99. The second kappa shape index (κ2) is 5.75. The standard InChI is InChI=1S/C13H16N2S/c1-2-16-10-7-11-5-3-4-6-12(11)13-14-8-9-15-13/h3-6,8-9H,2,7,10H2,1H3,(H,14,15). The smallest absolute Gasteiger partial charge is 0.137 e. The minimum Gasteiger partial charge on any atom is -0.345 e. The van der Waals surface area contributed by atoms with Crippen molar-refractivity contribution in [3.63, 3.8) is 0 Å². The lowest BCUT2D eigenvalue weighted by atomic mass is 10.1. The quantitative estimate of drug-likeness (QED) is 0.801. The zero-order valence-electron chi connectivity index (χ0n) is 9.44. The van der Waals surface area contributed by atoms with Gasteiger partial charge in [-0.1, -0.05) is 31.2 Å². The monoisotopic (exact) mass is 232 g/mol. The van der Waals surface area contributed by atoms with E-state index in [-0.39, 0.29) is 0 Å². The molecule has 1 aromatic heterocycles. The van der Waals surface area contributed by atoms with E-state index in [0.29, 0.717) is 0 Å². The number of benzene rings is 1. The normalized spacial score (nSPS) is 10.6. The Bertz CT molecular complexity index is 423. The minimum atomic E-state index is 0.970. The molecule has 3 heteroatoms. The van der Waals surface area contributed by atoms with E-state index in [0.717, 1.165) is 12.2 Å². The molecular formula is C13H16N2S. The van der Waals surface area contributed by atoms with Crippen molar-refractivity contribution >= 4 is 11.8 Å². The molecule has 2 aromatic rings. The van der Waals surface area contributed by atoms with Gasteiger partial charge in [-0.3, -0.25) is 0 Å². The molecule has 0 amide bonds. The molecule has 1 N–H and O–H groups in total. The van der Waals surface area contributed by atoms with Crippen molar-refractivity contribution in [2.45, 2.75) is 13.3 Å². The molecule has 0 aliphatic heterocycles. The van der Waals surface area contributed by atoms with Crippen LogP contribution in [0.25, 0.3) is 11.4 Å². The van der Waals surface area contributed by atoms with E-state index in [1.807, 2.05) is 18.0 Å². The number of nitrogens with zero attached hydrogens (tertiary/aromatic N) is 1. The lowest BCUT2D eigenvalue weighted by Crippen LogP contribution is -1.94. The van der Waals surface area contributed by atoms with Gasteiger partial charge in [0, 0.05) is 18.0 Å². The number of imidazole rings is 1. The summed E-state index contributed by atoms with van der Waals surface area (Å²) in [6, 6.07) is 8.48. The second-order valence-corrected chi connectivity index (χ2v) is 4.94. The van der Waals surface area contributed by atoms with Crippen molar-refractivity contribution in [2.24, 2.45) is 0 Å². The third-order valence-electron chi connectivity index (χ3n) is 2.49. The van der Waals surface area contributed by atoms with Crippen LogP contribution in [0, 0.1) is 0 Å². The van der Waals surface area contributed by atoms with Crippen LogP contribution in [-0.2, 0) is 6.42 Å². The van der Waals surface area contributed by atoms with Gasteiger partial charge in [-0.2, -0.15) is 11.8 Å². The van der Waals surface area contributed by atoms with Crippen LogP contribution >= 0.6 is 11.8 Å². The number of hydrogen-bond donors (Lipinski definition) is 1. The van der Waals surface area contributed by atoms with Gasteiger partial charge in [-0.15, -0.1) is 0 Å². The van der Waals surface area contributed by atoms with Crippen molar-refractivity contribution in [1.29, 1.82) is 0 Å². The molecule has 0 aliphatic carbocycles. The molecule has 0 saturated carbocycles. The summed E-state index contributed by atoms with van der Waals surface area (Å²) >= 11 is 1.98. The molecule has 1 heterocycles. The van der Waals surface area contributed by atoms with Gasteiger partial charge in [0.25, 0.3) is 0 Å². The van der Waals surface area contributed by atoms with E-state index in [1.54, 1.807) is 6.20 Å². The topological polar surface area (TPSA) is 28.7 Å². The lowest BCUT2D eigenvalue weighted by Gasteiger charge is -2.06. The number of nitrogens with one attached hydrogen (secondary N) is 1. The van der Waals surface area contributed by atoms with E-state index in [2.05, 4.69) is 41.2 Å². The van der Waals surface area contributed by atoms with Gasteiger partial charge in [0.2, 0.25) is 0 Å². The summed E-state index contributed by atoms with van der Waals surface area (Å²) in [5.74, 6) is 3.33. The van der Waals surface area contributed by atoms with Crippen LogP contribution < -0.4 is 0 Å². The largest absolute Gasteiger partial charge is 0.345 e. The molecule has 1 aromatic carbocycles. The van der Waals surface area contributed by atoms with Crippen LogP contribution in [0.4, 0.5) is 0 Å². The van der Waals surface area contributed by atoms with Crippen molar-refractivity contribution in [2.75, 3.05) is 11.5 Å². The number of thioether (sulfide) groups is 1. The van der Waals surface area contributed by atoms with Gasteiger partial charge in [0.05, 0.1) is 0 Å². The summed E-state index contributed by atoms with van der Waals surface area (Å²) < 4.78 is 0. The molecule has 0 unspecified atom stereocenters. The van der Waals surface area contributed by atoms with Gasteiger partial charge < -0.3 is 4.98 Å². The maximum atomic E-state index is 4.31. The number of H-pyrrole nitrogens is 1. The Balaban J connectivity index is 2.18. The molecule has 84 valence electrons. The van der Waals surface area contributed by atoms with Gasteiger partial charge >= 0.3 is 0 Å². The predicted octanol–water partition coefficient (Wildman–Crippen LogP) is 3.37. The van der Waals surface area contributed by atoms with Crippen molar-refractivity contribution in [3.05, 3.63) is 42.2 Å². The summed E-state index contributed by atoms with van der Waals surface area (Å²) in [4.78, 5) is 7.48. The maximum Gasteiger partial charge on any atom is 0.137 e. The highest BCUT2D eigenvalue weighted by atomic mass is 32.2. The number of aromatic nitrogens is 2. The molecular weight excluding hydrogens is 216 g/mol. The van der Waals surface area contributed by atoms with Gasteiger partial charge in [-0.05, 0) is 23.5 Å². The summed E-state index contributed by atoms with van der Waals surface area (Å²) in [5, 5.41) is 0. The first kappa shape index (κ1) is 11.3. The first-order chi connectivity index (χ1) is 7.92. The first-order valence-electron chi connectivity index (χ1n) is 5.57. The molecule has 0 spiro atoms. The Morgan fingerprint density at radius 3 is 2.94 bits per heavy atom. The Morgan fingerprint density at radius 1 is 1.31 bits per heavy atom. The fourth-order valence-electron chi connectivity index (χ4n) is 1.71. The lowest BCUT2D eigenvalue weighted by molar-refractivity contribution is 1.14. The van der Waals surface area contributed by atoms with Crippen molar-refractivity contribution in [1.82, 2.24) is 9.97 Å².